The second-order valence-electron chi connectivity index (χ2n) is 6.84. The van der Waals surface area contributed by atoms with Crippen molar-refractivity contribution in [1.29, 1.82) is 0 Å². The van der Waals surface area contributed by atoms with Gasteiger partial charge in [0.25, 0.3) is 0 Å². The lowest BCUT2D eigenvalue weighted by molar-refractivity contribution is -0.137. The van der Waals surface area contributed by atoms with Crippen molar-refractivity contribution in [1.82, 2.24) is 10.3 Å². The first kappa shape index (κ1) is 18.8. The number of thiazole rings is 1. The first-order valence-electron chi connectivity index (χ1n) is 8.34. The molecule has 1 aliphatic rings. The molecule has 2 aromatic rings. The third-order valence-corrected chi connectivity index (χ3v) is 5.60. The monoisotopic (exact) mass is 383 g/mol. The molecule has 140 valence electrons. The fourth-order valence-electron chi connectivity index (χ4n) is 2.92. The number of amides is 1. The van der Waals surface area contributed by atoms with Crippen molar-refractivity contribution in [3.63, 3.8) is 0 Å². The minimum Gasteiger partial charge on any atom is -0.349 e. The molecule has 0 aliphatic heterocycles. The summed E-state index contributed by atoms with van der Waals surface area (Å²) in [5.41, 5.74) is 5.61. The molecule has 1 aromatic heterocycles. The van der Waals surface area contributed by atoms with Crippen LogP contribution in [0.2, 0.25) is 0 Å². The molecular weight excluding hydrogens is 363 g/mol. The van der Waals surface area contributed by atoms with E-state index in [9.17, 15) is 18.0 Å². The number of carbonyl (C=O) groups is 1. The molecule has 1 fully saturated rings. The van der Waals surface area contributed by atoms with E-state index in [1.165, 1.54) is 17.4 Å². The molecule has 0 bridgehead atoms. The Kier molecular flexibility index (Phi) is 5.07. The Morgan fingerprint density at radius 1 is 1.38 bits per heavy atom. The highest BCUT2D eigenvalue weighted by molar-refractivity contribution is 7.13. The van der Waals surface area contributed by atoms with E-state index in [-0.39, 0.29) is 12.3 Å². The summed E-state index contributed by atoms with van der Waals surface area (Å²) in [6.45, 7) is 2.31. The van der Waals surface area contributed by atoms with E-state index in [2.05, 4.69) is 10.3 Å². The Labute approximate surface area is 153 Å². The average molecular weight is 383 g/mol. The second-order valence-corrected chi connectivity index (χ2v) is 7.70. The van der Waals surface area contributed by atoms with Gasteiger partial charge in [0, 0.05) is 17.5 Å². The predicted octanol–water partition coefficient (Wildman–Crippen LogP) is 3.62. The first-order chi connectivity index (χ1) is 12.2. The fraction of sp³-hybridized carbons (Fsp3) is 0.444. The van der Waals surface area contributed by atoms with E-state index in [0.29, 0.717) is 28.7 Å². The minimum atomic E-state index is -4.40. The molecular formula is C18H20F3N3OS. The third-order valence-electron chi connectivity index (χ3n) is 4.66. The topological polar surface area (TPSA) is 68.0 Å². The number of hydrogen-bond donors (Lipinski definition) is 2. The van der Waals surface area contributed by atoms with Crippen LogP contribution in [-0.4, -0.2) is 23.0 Å². The number of nitrogens with zero attached hydrogens (tertiary/aromatic N) is 1. The summed E-state index contributed by atoms with van der Waals surface area (Å²) in [7, 11) is 0. The minimum absolute atomic E-state index is 0.0811. The third kappa shape index (κ3) is 4.24. The molecule has 3 rings (SSSR count). The standard InChI is InChI=1S/C18H20F3N3OS/c1-17(10-22,12-5-6-12)24-15(25)8-14-9-26-16(23-14)11-3-2-4-13(7-11)18(19,20)21/h2-4,7,9,12H,5-6,8,10,22H2,1H3,(H,24,25). The number of alkyl halides is 3. The van der Waals surface area contributed by atoms with E-state index in [0.717, 1.165) is 25.0 Å². The Morgan fingerprint density at radius 3 is 2.73 bits per heavy atom. The molecule has 4 nitrogen and oxygen atoms in total. The van der Waals surface area contributed by atoms with Gasteiger partial charge in [-0.25, -0.2) is 4.98 Å². The van der Waals surface area contributed by atoms with Crippen molar-refractivity contribution in [2.24, 2.45) is 11.7 Å². The van der Waals surface area contributed by atoms with Crippen LogP contribution in [0.5, 0.6) is 0 Å². The van der Waals surface area contributed by atoms with Gasteiger partial charge in [-0.3, -0.25) is 4.79 Å². The van der Waals surface area contributed by atoms with Crippen molar-refractivity contribution in [3.05, 3.63) is 40.9 Å². The Balaban J connectivity index is 1.69. The molecule has 8 heteroatoms. The number of rotatable bonds is 6. The first-order valence-corrected chi connectivity index (χ1v) is 9.22. The van der Waals surface area contributed by atoms with Crippen molar-refractivity contribution in [2.45, 2.75) is 37.9 Å². The SMILES string of the molecule is CC(CN)(NC(=O)Cc1csc(-c2cccc(C(F)(F)F)c2)n1)C1CC1. The average Bonchev–Trinajstić information content (AvgIpc) is 3.35. The number of nitrogens with one attached hydrogen (secondary N) is 1. The van der Waals surface area contributed by atoms with Gasteiger partial charge < -0.3 is 11.1 Å². The van der Waals surface area contributed by atoms with Gasteiger partial charge in [-0.05, 0) is 37.8 Å². The number of carbonyl (C=O) groups excluding carboxylic acids is 1. The van der Waals surface area contributed by atoms with Gasteiger partial charge in [-0.1, -0.05) is 12.1 Å². The lowest BCUT2D eigenvalue weighted by Gasteiger charge is -2.29. The van der Waals surface area contributed by atoms with Crippen LogP contribution >= 0.6 is 11.3 Å². The molecule has 0 radical (unpaired) electrons. The molecule has 1 saturated carbocycles. The van der Waals surface area contributed by atoms with Gasteiger partial charge in [0.05, 0.1) is 23.2 Å². The molecule has 1 aromatic carbocycles. The molecule has 1 aliphatic carbocycles. The van der Waals surface area contributed by atoms with Crippen LogP contribution in [0.15, 0.2) is 29.6 Å². The number of aromatic nitrogens is 1. The summed E-state index contributed by atoms with van der Waals surface area (Å²) < 4.78 is 38.5. The van der Waals surface area contributed by atoms with Gasteiger partial charge >= 0.3 is 6.18 Å². The summed E-state index contributed by atoms with van der Waals surface area (Å²) in [5.74, 6) is 0.235. The molecule has 0 saturated heterocycles. The van der Waals surface area contributed by atoms with Gasteiger partial charge in [0.2, 0.25) is 5.91 Å². The van der Waals surface area contributed by atoms with Crippen molar-refractivity contribution in [3.8, 4) is 10.6 Å². The van der Waals surface area contributed by atoms with Crippen LogP contribution in [0, 0.1) is 5.92 Å². The quantitative estimate of drug-likeness (QED) is 0.801. The predicted molar refractivity (Wildman–Crippen MR) is 94.6 cm³/mol. The second kappa shape index (κ2) is 7.00. The Hall–Kier alpha value is -1.93. The van der Waals surface area contributed by atoms with E-state index >= 15 is 0 Å². The molecule has 1 atom stereocenters. The summed E-state index contributed by atoms with van der Waals surface area (Å²) in [5, 5.41) is 5.14. The number of nitrogens with two attached hydrogens (primary N) is 1. The molecule has 1 heterocycles. The lowest BCUT2D eigenvalue weighted by atomic mass is 9.95. The molecule has 26 heavy (non-hydrogen) atoms. The lowest BCUT2D eigenvalue weighted by Crippen LogP contribution is -2.53. The van der Waals surface area contributed by atoms with Gasteiger partial charge in [-0.2, -0.15) is 13.2 Å². The highest BCUT2D eigenvalue weighted by atomic mass is 32.1. The van der Waals surface area contributed by atoms with E-state index in [4.69, 9.17) is 5.73 Å². The summed E-state index contributed by atoms with van der Waals surface area (Å²) in [6.07, 6.45) is -2.20. The maximum Gasteiger partial charge on any atom is 0.416 e. The number of benzene rings is 1. The van der Waals surface area contributed by atoms with Crippen molar-refractivity contribution in [2.75, 3.05) is 6.54 Å². The number of halogens is 3. The Bertz CT molecular complexity index is 801. The van der Waals surface area contributed by atoms with Crippen molar-refractivity contribution >= 4 is 17.2 Å². The molecule has 3 N–H and O–H groups in total. The summed E-state index contributed by atoms with van der Waals surface area (Å²) in [4.78, 5) is 16.6. The highest BCUT2D eigenvalue weighted by Crippen LogP contribution is 2.39. The van der Waals surface area contributed by atoms with Crippen LogP contribution in [-0.2, 0) is 17.4 Å². The fourth-order valence-corrected chi connectivity index (χ4v) is 3.73. The van der Waals surface area contributed by atoms with Gasteiger partial charge in [-0.15, -0.1) is 11.3 Å². The Morgan fingerprint density at radius 2 is 2.12 bits per heavy atom. The smallest absolute Gasteiger partial charge is 0.349 e. The van der Waals surface area contributed by atoms with Crippen LogP contribution < -0.4 is 11.1 Å². The van der Waals surface area contributed by atoms with Crippen LogP contribution in [0.1, 0.15) is 31.0 Å². The summed E-state index contributed by atoms with van der Waals surface area (Å²) >= 11 is 1.22. The maximum atomic E-state index is 12.8. The molecule has 1 amide bonds. The molecule has 1 unspecified atom stereocenters. The maximum absolute atomic E-state index is 12.8. The zero-order chi connectivity index (χ0) is 18.9. The van der Waals surface area contributed by atoms with E-state index in [1.54, 1.807) is 11.4 Å². The van der Waals surface area contributed by atoms with E-state index < -0.39 is 17.3 Å². The molecule has 0 spiro atoms. The van der Waals surface area contributed by atoms with Gasteiger partial charge in [0.15, 0.2) is 0 Å². The van der Waals surface area contributed by atoms with Crippen LogP contribution in [0.25, 0.3) is 10.6 Å². The van der Waals surface area contributed by atoms with E-state index in [1.807, 2.05) is 6.92 Å². The normalized spacial score (nSPS) is 17.0. The zero-order valence-corrected chi connectivity index (χ0v) is 15.1. The van der Waals surface area contributed by atoms with Crippen molar-refractivity contribution < 1.29 is 18.0 Å². The van der Waals surface area contributed by atoms with Crippen LogP contribution in [0.3, 0.4) is 0 Å². The largest absolute Gasteiger partial charge is 0.416 e. The van der Waals surface area contributed by atoms with Gasteiger partial charge in [0.1, 0.15) is 5.01 Å². The zero-order valence-electron chi connectivity index (χ0n) is 14.3. The highest BCUT2D eigenvalue weighted by Gasteiger charge is 2.41. The van der Waals surface area contributed by atoms with Crippen LogP contribution in [0.4, 0.5) is 13.2 Å². The summed E-state index contributed by atoms with van der Waals surface area (Å²) in [6, 6.07) is 5.03. The number of hydrogen-bond acceptors (Lipinski definition) is 4.